The lowest BCUT2D eigenvalue weighted by molar-refractivity contribution is 0.414. The molecule has 0 bridgehead atoms. The molecule has 158 valence electrons. The fraction of sp³-hybridized carbons (Fsp3) is 0.217. The summed E-state index contributed by atoms with van der Waals surface area (Å²) in [7, 11) is 3.60. The van der Waals surface area contributed by atoms with Gasteiger partial charge in [0.2, 0.25) is 0 Å². The van der Waals surface area contributed by atoms with Gasteiger partial charge in [0.25, 0.3) is 5.56 Å². The molecule has 3 heterocycles. The van der Waals surface area contributed by atoms with Crippen LogP contribution in [0.3, 0.4) is 0 Å². The number of hydrogen-bond acceptors (Lipinski definition) is 6. The van der Waals surface area contributed by atoms with Crippen molar-refractivity contribution >= 4 is 5.82 Å². The Bertz CT molecular complexity index is 1240. The van der Waals surface area contributed by atoms with Crippen molar-refractivity contribution < 1.29 is 4.74 Å². The van der Waals surface area contributed by atoms with Crippen LogP contribution in [0.25, 0.3) is 11.4 Å². The average molecular weight is 416 g/mol. The topological polar surface area (TPSA) is 97.7 Å². The van der Waals surface area contributed by atoms with Gasteiger partial charge in [-0.15, -0.1) is 0 Å². The highest BCUT2D eigenvalue weighted by Crippen LogP contribution is 2.27. The lowest BCUT2D eigenvalue weighted by Gasteiger charge is -2.20. The lowest BCUT2D eigenvalue weighted by atomic mass is 10.1. The molecular formula is C23H24N6O2. The van der Waals surface area contributed by atoms with Crippen LogP contribution in [0.15, 0.2) is 59.8 Å². The Balaban J connectivity index is 1.64. The van der Waals surface area contributed by atoms with E-state index < -0.39 is 0 Å². The third-order valence-corrected chi connectivity index (χ3v) is 5.29. The first-order valence-electron chi connectivity index (χ1n) is 9.88. The van der Waals surface area contributed by atoms with E-state index in [0.717, 1.165) is 22.7 Å². The van der Waals surface area contributed by atoms with Gasteiger partial charge < -0.3 is 19.6 Å². The predicted octanol–water partition coefficient (Wildman–Crippen LogP) is 3.39. The molecule has 4 aromatic rings. The third kappa shape index (κ3) is 4.18. The van der Waals surface area contributed by atoms with Crippen molar-refractivity contribution in [1.82, 2.24) is 24.5 Å². The van der Waals surface area contributed by atoms with Crippen LogP contribution in [-0.2, 0) is 7.05 Å². The van der Waals surface area contributed by atoms with Gasteiger partial charge in [-0.2, -0.15) is 0 Å². The molecule has 0 fully saturated rings. The summed E-state index contributed by atoms with van der Waals surface area (Å²) in [6.07, 6.45) is 5.37. The number of aromatic nitrogens is 5. The Hall–Kier alpha value is -3.94. The van der Waals surface area contributed by atoms with Gasteiger partial charge in [-0.1, -0.05) is 12.1 Å². The number of nitrogens with one attached hydrogen (secondary N) is 2. The first-order chi connectivity index (χ1) is 15.0. The zero-order valence-electron chi connectivity index (χ0n) is 17.9. The molecule has 1 aromatic carbocycles. The Labute approximate surface area is 180 Å². The number of H-pyrrole nitrogens is 1. The number of anilines is 1. The van der Waals surface area contributed by atoms with Gasteiger partial charge in [-0.3, -0.25) is 4.79 Å². The van der Waals surface area contributed by atoms with Gasteiger partial charge >= 0.3 is 0 Å². The van der Waals surface area contributed by atoms with Crippen LogP contribution < -0.4 is 15.6 Å². The number of imidazole rings is 1. The van der Waals surface area contributed by atoms with Gasteiger partial charge in [0, 0.05) is 42.5 Å². The molecule has 0 saturated heterocycles. The summed E-state index contributed by atoms with van der Waals surface area (Å²) in [4.78, 5) is 28.4. The number of nitrogens with zero attached hydrogens (tertiary/aromatic N) is 4. The number of rotatable bonds is 6. The fourth-order valence-electron chi connectivity index (χ4n) is 3.30. The Morgan fingerprint density at radius 3 is 2.45 bits per heavy atom. The highest BCUT2D eigenvalue weighted by molar-refractivity contribution is 5.56. The summed E-state index contributed by atoms with van der Waals surface area (Å²) in [5, 5.41) is 3.46. The molecular weight excluding hydrogens is 392 g/mol. The predicted molar refractivity (Wildman–Crippen MR) is 119 cm³/mol. The van der Waals surface area contributed by atoms with Crippen LogP contribution >= 0.6 is 0 Å². The van der Waals surface area contributed by atoms with Crippen LogP contribution in [0.1, 0.15) is 28.7 Å². The maximum Gasteiger partial charge on any atom is 0.254 e. The molecule has 0 saturated carbocycles. The molecule has 0 spiro atoms. The standard InChI is InChI=1S/C23H24N6O2/c1-14-15(2)26-21(28-23(14)30)17-7-10-19(25-13-17)27-20(22-24-11-12-29(22)3)16-5-8-18(31-4)9-6-16/h5-13,20H,1-4H3,(H,25,27)(H,26,28,30). The van der Waals surface area contributed by atoms with Gasteiger partial charge in [0.15, 0.2) is 0 Å². The van der Waals surface area contributed by atoms with Crippen LogP contribution in [0.5, 0.6) is 5.75 Å². The number of hydrogen-bond donors (Lipinski definition) is 2. The van der Waals surface area contributed by atoms with Crippen molar-refractivity contribution in [1.29, 1.82) is 0 Å². The van der Waals surface area contributed by atoms with E-state index in [4.69, 9.17) is 4.74 Å². The van der Waals surface area contributed by atoms with Crippen molar-refractivity contribution in [3.8, 4) is 17.1 Å². The summed E-state index contributed by atoms with van der Waals surface area (Å²) in [6.45, 7) is 3.58. The van der Waals surface area contributed by atoms with Crippen molar-refractivity contribution in [3.05, 3.63) is 88.0 Å². The number of benzene rings is 1. The molecule has 8 heteroatoms. The average Bonchev–Trinajstić information content (AvgIpc) is 3.21. The van der Waals surface area contributed by atoms with Crippen molar-refractivity contribution in [2.24, 2.45) is 7.05 Å². The van der Waals surface area contributed by atoms with Crippen LogP contribution in [0.2, 0.25) is 0 Å². The van der Waals surface area contributed by atoms with E-state index in [9.17, 15) is 4.79 Å². The zero-order valence-corrected chi connectivity index (χ0v) is 17.9. The summed E-state index contributed by atoms with van der Waals surface area (Å²) < 4.78 is 7.25. The van der Waals surface area contributed by atoms with E-state index in [1.54, 1.807) is 26.4 Å². The Kier molecular flexibility index (Phi) is 5.53. The van der Waals surface area contributed by atoms with Crippen molar-refractivity contribution in [3.63, 3.8) is 0 Å². The van der Waals surface area contributed by atoms with Crippen molar-refractivity contribution in [2.45, 2.75) is 19.9 Å². The molecule has 1 atom stereocenters. The number of methoxy groups -OCH3 is 1. The van der Waals surface area contributed by atoms with E-state index in [-0.39, 0.29) is 11.6 Å². The zero-order chi connectivity index (χ0) is 22.0. The minimum absolute atomic E-state index is 0.140. The summed E-state index contributed by atoms with van der Waals surface area (Å²) in [6, 6.07) is 11.4. The minimum Gasteiger partial charge on any atom is -0.497 e. The second-order valence-corrected chi connectivity index (χ2v) is 7.30. The fourth-order valence-corrected chi connectivity index (χ4v) is 3.30. The molecule has 1 unspecified atom stereocenters. The Morgan fingerprint density at radius 2 is 1.87 bits per heavy atom. The van der Waals surface area contributed by atoms with Gasteiger partial charge in [-0.25, -0.2) is 15.0 Å². The normalized spacial score (nSPS) is 11.9. The smallest absolute Gasteiger partial charge is 0.254 e. The minimum atomic E-state index is -0.205. The van der Waals surface area contributed by atoms with Crippen LogP contribution in [0.4, 0.5) is 5.82 Å². The third-order valence-electron chi connectivity index (χ3n) is 5.29. The highest BCUT2D eigenvalue weighted by Gasteiger charge is 2.19. The molecule has 0 aliphatic heterocycles. The molecule has 31 heavy (non-hydrogen) atoms. The summed E-state index contributed by atoms with van der Waals surface area (Å²) in [5.41, 5.74) is 2.95. The highest BCUT2D eigenvalue weighted by atomic mass is 16.5. The SMILES string of the molecule is COc1ccc(C(Nc2ccc(-c3nc(C)c(C)c(=O)[nH]3)cn2)c2nccn2C)cc1. The molecule has 2 N–H and O–H groups in total. The quantitative estimate of drug-likeness (QED) is 0.500. The molecule has 0 amide bonds. The van der Waals surface area contributed by atoms with E-state index in [1.165, 1.54) is 0 Å². The molecule has 0 radical (unpaired) electrons. The van der Waals surface area contributed by atoms with E-state index in [2.05, 4.69) is 25.3 Å². The molecule has 0 aliphatic carbocycles. The summed E-state index contributed by atoms with van der Waals surface area (Å²) >= 11 is 0. The second-order valence-electron chi connectivity index (χ2n) is 7.30. The van der Waals surface area contributed by atoms with Crippen molar-refractivity contribution in [2.75, 3.05) is 12.4 Å². The van der Waals surface area contributed by atoms with Gasteiger partial charge in [-0.05, 0) is 43.7 Å². The van der Waals surface area contributed by atoms with Crippen LogP contribution in [0, 0.1) is 13.8 Å². The van der Waals surface area contributed by atoms with E-state index in [0.29, 0.717) is 22.9 Å². The maximum atomic E-state index is 12.1. The molecule has 0 aliphatic rings. The lowest BCUT2D eigenvalue weighted by Crippen LogP contribution is -2.17. The number of aryl methyl sites for hydroxylation is 2. The molecule has 4 rings (SSSR count). The first kappa shape index (κ1) is 20.3. The monoisotopic (exact) mass is 416 g/mol. The van der Waals surface area contributed by atoms with Gasteiger partial charge in [0.05, 0.1) is 7.11 Å². The maximum absolute atomic E-state index is 12.1. The van der Waals surface area contributed by atoms with Gasteiger partial charge in [0.1, 0.15) is 29.3 Å². The largest absolute Gasteiger partial charge is 0.497 e. The van der Waals surface area contributed by atoms with Crippen LogP contribution in [-0.4, -0.2) is 31.6 Å². The number of ether oxygens (including phenoxy) is 1. The number of pyridine rings is 1. The number of aromatic amines is 1. The Morgan fingerprint density at radius 1 is 1.10 bits per heavy atom. The first-order valence-corrected chi connectivity index (χ1v) is 9.88. The molecule has 3 aromatic heterocycles. The van der Waals surface area contributed by atoms with E-state index >= 15 is 0 Å². The molecule has 8 nitrogen and oxygen atoms in total. The second kappa shape index (κ2) is 8.43. The summed E-state index contributed by atoms with van der Waals surface area (Å²) in [5.74, 6) is 2.83. The van der Waals surface area contributed by atoms with E-state index in [1.807, 2.05) is 61.1 Å².